The molecule has 0 heterocycles. The summed E-state index contributed by atoms with van der Waals surface area (Å²) in [7, 11) is 0. The van der Waals surface area contributed by atoms with E-state index in [0.29, 0.717) is 10.6 Å². The zero-order chi connectivity index (χ0) is 14.7. The van der Waals surface area contributed by atoms with Gasteiger partial charge in [-0.05, 0) is 56.7 Å². The van der Waals surface area contributed by atoms with Gasteiger partial charge in [-0.3, -0.25) is 4.79 Å². The molecule has 1 atom stereocenters. The van der Waals surface area contributed by atoms with Crippen molar-refractivity contribution in [3.63, 3.8) is 0 Å². The maximum Gasteiger partial charge on any atom is 0.175 e. The molecule has 0 aliphatic carbocycles. The van der Waals surface area contributed by atoms with Crippen LogP contribution in [0.15, 0.2) is 47.4 Å². The van der Waals surface area contributed by atoms with Crippen molar-refractivity contribution in [2.45, 2.75) is 30.9 Å². The van der Waals surface area contributed by atoms with E-state index in [0.717, 1.165) is 0 Å². The maximum atomic E-state index is 12.4. The summed E-state index contributed by atoms with van der Waals surface area (Å²) in [6, 6.07) is 13.4. The minimum Gasteiger partial charge on any atom is -0.293 e. The summed E-state index contributed by atoms with van der Waals surface area (Å²) in [6.45, 7) is 6.08. The van der Waals surface area contributed by atoms with Crippen molar-refractivity contribution in [1.29, 1.82) is 0 Å². The van der Waals surface area contributed by atoms with Gasteiger partial charge in [0.2, 0.25) is 0 Å². The number of hydrogen-bond acceptors (Lipinski definition) is 2. The Morgan fingerprint density at radius 3 is 2.40 bits per heavy atom. The Labute approximate surface area is 129 Å². The Kier molecular flexibility index (Phi) is 4.90. The lowest BCUT2D eigenvalue weighted by Gasteiger charge is -2.13. The van der Waals surface area contributed by atoms with Gasteiger partial charge >= 0.3 is 0 Å². The zero-order valence-electron chi connectivity index (χ0n) is 11.8. The molecule has 0 N–H and O–H groups in total. The van der Waals surface area contributed by atoms with E-state index in [1.807, 2.05) is 6.92 Å². The summed E-state index contributed by atoms with van der Waals surface area (Å²) >= 11 is 7.46. The molecular weight excluding hydrogens is 288 g/mol. The topological polar surface area (TPSA) is 17.1 Å². The molecule has 1 unspecified atom stereocenters. The van der Waals surface area contributed by atoms with Crippen molar-refractivity contribution < 1.29 is 4.79 Å². The maximum absolute atomic E-state index is 12.4. The van der Waals surface area contributed by atoms with Crippen LogP contribution in [-0.2, 0) is 0 Å². The van der Waals surface area contributed by atoms with Crippen LogP contribution in [0.2, 0.25) is 5.02 Å². The quantitative estimate of drug-likeness (QED) is 0.561. The highest BCUT2D eigenvalue weighted by molar-refractivity contribution is 8.00. The highest BCUT2D eigenvalue weighted by Gasteiger charge is 2.17. The SMILES string of the molecule is Cc1ccc(C)c(SC(C)C(=O)c2ccc(Cl)cc2)c1. The highest BCUT2D eigenvalue weighted by atomic mass is 35.5. The molecule has 0 aromatic heterocycles. The number of Topliss-reactive ketones (excluding diaryl/α,β-unsaturated/α-hetero) is 1. The van der Waals surface area contributed by atoms with E-state index >= 15 is 0 Å². The molecular formula is C17H17ClOS. The van der Waals surface area contributed by atoms with Gasteiger partial charge in [0.25, 0.3) is 0 Å². The van der Waals surface area contributed by atoms with Crippen molar-refractivity contribution in [3.8, 4) is 0 Å². The second-order valence-electron chi connectivity index (χ2n) is 4.90. The molecule has 2 aromatic rings. The molecule has 0 saturated heterocycles. The molecule has 2 rings (SSSR count). The molecule has 0 spiro atoms. The van der Waals surface area contributed by atoms with Crippen LogP contribution in [-0.4, -0.2) is 11.0 Å². The summed E-state index contributed by atoms with van der Waals surface area (Å²) in [5, 5.41) is 0.535. The van der Waals surface area contributed by atoms with Crippen LogP contribution >= 0.6 is 23.4 Å². The van der Waals surface area contributed by atoms with Crippen LogP contribution in [0.3, 0.4) is 0 Å². The Morgan fingerprint density at radius 1 is 1.10 bits per heavy atom. The van der Waals surface area contributed by atoms with Gasteiger partial charge < -0.3 is 0 Å². The Bertz CT molecular complexity index is 619. The van der Waals surface area contributed by atoms with Crippen LogP contribution in [0.1, 0.15) is 28.4 Å². The standard InChI is InChI=1S/C17H17ClOS/c1-11-4-5-12(2)16(10-11)20-13(3)17(19)14-6-8-15(18)9-7-14/h4-10,13H,1-3H3. The lowest BCUT2D eigenvalue weighted by molar-refractivity contribution is 0.0994. The third-order valence-electron chi connectivity index (χ3n) is 3.15. The number of rotatable bonds is 4. The molecule has 104 valence electrons. The number of hydrogen-bond donors (Lipinski definition) is 0. The van der Waals surface area contributed by atoms with Gasteiger partial charge in [0.15, 0.2) is 5.78 Å². The van der Waals surface area contributed by atoms with E-state index in [1.165, 1.54) is 16.0 Å². The van der Waals surface area contributed by atoms with Gasteiger partial charge in [-0.2, -0.15) is 0 Å². The molecule has 0 aliphatic heterocycles. The number of ketones is 1. The van der Waals surface area contributed by atoms with E-state index in [4.69, 9.17) is 11.6 Å². The molecule has 3 heteroatoms. The third-order valence-corrected chi connectivity index (χ3v) is 4.66. The lowest BCUT2D eigenvalue weighted by atomic mass is 10.1. The molecule has 1 nitrogen and oxygen atoms in total. The van der Waals surface area contributed by atoms with E-state index < -0.39 is 0 Å². The zero-order valence-corrected chi connectivity index (χ0v) is 13.4. The average molecular weight is 305 g/mol. The lowest BCUT2D eigenvalue weighted by Crippen LogP contribution is -2.13. The van der Waals surface area contributed by atoms with Gasteiger partial charge in [0.05, 0.1) is 5.25 Å². The van der Waals surface area contributed by atoms with E-state index in [9.17, 15) is 4.79 Å². The predicted molar refractivity (Wildman–Crippen MR) is 87.0 cm³/mol. The van der Waals surface area contributed by atoms with E-state index in [2.05, 4.69) is 32.0 Å². The molecule has 20 heavy (non-hydrogen) atoms. The van der Waals surface area contributed by atoms with Crippen LogP contribution in [0.5, 0.6) is 0 Å². The fourth-order valence-electron chi connectivity index (χ4n) is 1.93. The minimum absolute atomic E-state index is 0.114. The molecule has 0 bridgehead atoms. The first-order chi connectivity index (χ1) is 9.47. The summed E-state index contributed by atoms with van der Waals surface area (Å²) < 4.78 is 0. The first kappa shape index (κ1) is 15.1. The van der Waals surface area contributed by atoms with Gasteiger partial charge in [-0.25, -0.2) is 0 Å². The number of halogens is 1. The first-order valence-electron chi connectivity index (χ1n) is 6.51. The Morgan fingerprint density at radius 2 is 1.75 bits per heavy atom. The second kappa shape index (κ2) is 6.47. The Hall–Kier alpha value is -1.25. The van der Waals surface area contributed by atoms with Gasteiger partial charge in [-0.1, -0.05) is 29.3 Å². The van der Waals surface area contributed by atoms with Crippen LogP contribution < -0.4 is 0 Å². The van der Waals surface area contributed by atoms with E-state index in [1.54, 1.807) is 36.0 Å². The highest BCUT2D eigenvalue weighted by Crippen LogP contribution is 2.29. The molecule has 0 radical (unpaired) electrons. The van der Waals surface area contributed by atoms with Crippen molar-refractivity contribution in [1.82, 2.24) is 0 Å². The monoisotopic (exact) mass is 304 g/mol. The van der Waals surface area contributed by atoms with Gasteiger partial charge in [0.1, 0.15) is 0 Å². The Balaban J connectivity index is 2.15. The van der Waals surface area contributed by atoms with Crippen molar-refractivity contribution >= 4 is 29.1 Å². The number of carbonyl (C=O) groups is 1. The van der Waals surface area contributed by atoms with Crippen LogP contribution in [0.25, 0.3) is 0 Å². The summed E-state index contributed by atoms with van der Waals surface area (Å²) in [4.78, 5) is 13.6. The number of aryl methyl sites for hydroxylation is 2. The number of carbonyl (C=O) groups excluding carboxylic acids is 1. The molecule has 2 aromatic carbocycles. The largest absolute Gasteiger partial charge is 0.293 e. The van der Waals surface area contributed by atoms with Crippen molar-refractivity contribution in [2.75, 3.05) is 0 Å². The van der Waals surface area contributed by atoms with Gasteiger partial charge in [0, 0.05) is 15.5 Å². The van der Waals surface area contributed by atoms with Crippen LogP contribution in [0.4, 0.5) is 0 Å². The predicted octanol–water partition coefficient (Wildman–Crippen LogP) is 5.32. The van der Waals surface area contributed by atoms with Crippen LogP contribution in [0, 0.1) is 13.8 Å². The molecule has 0 aliphatic rings. The number of benzene rings is 2. The smallest absolute Gasteiger partial charge is 0.175 e. The summed E-state index contributed by atoms with van der Waals surface area (Å²) in [5.41, 5.74) is 3.13. The van der Waals surface area contributed by atoms with Crippen molar-refractivity contribution in [3.05, 3.63) is 64.2 Å². The summed E-state index contributed by atoms with van der Waals surface area (Å²) in [5.74, 6) is 0.132. The van der Waals surface area contributed by atoms with Crippen molar-refractivity contribution in [2.24, 2.45) is 0 Å². The molecule has 0 amide bonds. The third kappa shape index (κ3) is 3.65. The fourth-order valence-corrected chi connectivity index (χ4v) is 3.18. The van der Waals surface area contributed by atoms with E-state index in [-0.39, 0.29) is 11.0 Å². The molecule has 0 saturated carbocycles. The summed E-state index contributed by atoms with van der Waals surface area (Å²) in [6.07, 6.45) is 0. The minimum atomic E-state index is -0.114. The first-order valence-corrected chi connectivity index (χ1v) is 7.77. The normalized spacial score (nSPS) is 12.2. The van der Waals surface area contributed by atoms with Gasteiger partial charge in [-0.15, -0.1) is 11.8 Å². The average Bonchev–Trinajstić information content (AvgIpc) is 2.43. The fraction of sp³-hybridized carbons (Fsp3) is 0.235. The molecule has 0 fully saturated rings. The number of thioether (sulfide) groups is 1. The second-order valence-corrected chi connectivity index (χ2v) is 6.72.